The molecular weight excluding hydrogens is 384 g/mol. The molecule has 0 saturated carbocycles. The number of rotatable bonds is 2. The minimum Gasteiger partial charge on any atom is -0.320 e. The molecule has 22 heavy (non-hydrogen) atoms. The van der Waals surface area contributed by atoms with Gasteiger partial charge in [0.15, 0.2) is 0 Å². The van der Waals surface area contributed by atoms with Crippen molar-refractivity contribution in [2.75, 3.05) is 5.32 Å². The summed E-state index contributed by atoms with van der Waals surface area (Å²) in [4.78, 5) is 12.8. The molecule has 2 aromatic carbocycles. The lowest BCUT2D eigenvalue weighted by Crippen LogP contribution is -2.10. The lowest BCUT2D eigenvalue weighted by molar-refractivity contribution is 0.103. The van der Waals surface area contributed by atoms with Crippen LogP contribution in [0.3, 0.4) is 0 Å². The Labute approximate surface area is 150 Å². The van der Waals surface area contributed by atoms with Crippen LogP contribution in [0.4, 0.5) is 5.69 Å². The predicted octanol–water partition coefficient (Wildman–Crippen LogP) is 6.77. The molecule has 7 heteroatoms. The number of carbonyl (C=O) groups excluding carboxylic acids is 1. The lowest BCUT2D eigenvalue weighted by atomic mass is 10.2. The molecule has 0 spiro atoms. The predicted molar refractivity (Wildman–Crippen MR) is 96.3 cm³/mol. The summed E-state index contributed by atoms with van der Waals surface area (Å²) in [6.07, 6.45) is 0. The maximum absolute atomic E-state index is 12.4. The van der Waals surface area contributed by atoms with Crippen LogP contribution in [0.2, 0.25) is 20.1 Å². The fourth-order valence-corrected chi connectivity index (χ4v) is 4.10. The Kier molecular flexibility index (Phi) is 4.53. The monoisotopic (exact) mass is 389 g/mol. The van der Waals surface area contributed by atoms with Gasteiger partial charge in [-0.2, -0.15) is 0 Å². The molecule has 0 aliphatic carbocycles. The quantitative estimate of drug-likeness (QED) is 0.514. The second-order valence-corrected chi connectivity index (χ2v) is 7.17. The molecule has 0 atom stereocenters. The highest BCUT2D eigenvalue weighted by Gasteiger charge is 2.18. The highest BCUT2D eigenvalue weighted by atomic mass is 35.5. The van der Waals surface area contributed by atoms with Crippen molar-refractivity contribution in [3.05, 3.63) is 61.4 Å². The zero-order valence-corrected chi connectivity index (χ0v) is 14.6. The Morgan fingerprint density at radius 2 is 1.64 bits per heavy atom. The van der Waals surface area contributed by atoms with Crippen molar-refractivity contribution in [2.24, 2.45) is 0 Å². The molecule has 0 aliphatic heterocycles. The summed E-state index contributed by atoms with van der Waals surface area (Å²) in [5.41, 5.74) is 0.475. The number of hydrogen-bond donors (Lipinski definition) is 1. The van der Waals surface area contributed by atoms with Crippen molar-refractivity contribution < 1.29 is 4.79 Å². The molecule has 1 N–H and O–H groups in total. The van der Waals surface area contributed by atoms with Crippen LogP contribution in [-0.2, 0) is 0 Å². The second-order valence-electron chi connectivity index (χ2n) is 4.46. The highest BCUT2D eigenvalue weighted by molar-refractivity contribution is 7.21. The van der Waals surface area contributed by atoms with Crippen molar-refractivity contribution in [3.63, 3.8) is 0 Å². The van der Waals surface area contributed by atoms with Gasteiger partial charge in [-0.3, -0.25) is 4.79 Å². The smallest absolute Gasteiger partial charge is 0.267 e. The van der Waals surface area contributed by atoms with Gasteiger partial charge in [-0.05, 0) is 30.3 Å². The number of amides is 1. The van der Waals surface area contributed by atoms with Gasteiger partial charge < -0.3 is 5.32 Å². The minimum atomic E-state index is -0.327. The molecule has 0 aliphatic rings. The Balaban J connectivity index is 1.97. The van der Waals surface area contributed by atoms with E-state index in [0.717, 1.165) is 10.1 Å². The van der Waals surface area contributed by atoms with Crippen LogP contribution < -0.4 is 5.32 Å². The summed E-state index contributed by atoms with van der Waals surface area (Å²) in [5.74, 6) is -0.327. The fraction of sp³-hybridized carbons (Fsp3) is 0. The van der Waals surface area contributed by atoms with E-state index in [2.05, 4.69) is 5.32 Å². The number of benzene rings is 2. The molecule has 3 aromatic rings. The topological polar surface area (TPSA) is 29.1 Å². The van der Waals surface area contributed by atoms with E-state index < -0.39 is 0 Å². The molecule has 0 unspecified atom stereocenters. The standard InChI is InChI=1S/C15H7Cl4NOS/c16-7-2-4-11(10(18)5-7)20-15(21)14-13(19)9-3-1-8(17)6-12(9)22-14/h1-6H,(H,20,21). The maximum atomic E-state index is 12.4. The second kappa shape index (κ2) is 6.26. The van der Waals surface area contributed by atoms with Crippen LogP contribution in [-0.4, -0.2) is 5.91 Å². The van der Waals surface area contributed by atoms with E-state index in [-0.39, 0.29) is 5.91 Å². The van der Waals surface area contributed by atoms with Crippen LogP contribution in [0.5, 0.6) is 0 Å². The third kappa shape index (κ3) is 3.05. The van der Waals surface area contributed by atoms with Crippen molar-refractivity contribution in [1.29, 1.82) is 0 Å². The van der Waals surface area contributed by atoms with Gasteiger partial charge >= 0.3 is 0 Å². The van der Waals surface area contributed by atoms with E-state index in [1.54, 1.807) is 36.4 Å². The average Bonchev–Trinajstić information content (AvgIpc) is 2.78. The first kappa shape index (κ1) is 15.9. The van der Waals surface area contributed by atoms with Crippen LogP contribution in [0.25, 0.3) is 10.1 Å². The molecule has 3 rings (SSSR count). The minimum absolute atomic E-state index is 0.327. The SMILES string of the molecule is O=C(Nc1ccc(Cl)cc1Cl)c1sc2cc(Cl)ccc2c1Cl. The van der Waals surface area contributed by atoms with Gasteiger partial charge in [0, 0.05) is 20.1 Å². The number of hydrogen-bond acceptors (Lipinski definition) is 2. The molecule has 0 saturated heterocycles. The van der Waals surface area contributed by atoms with Gasteiger partial charge in [0.25, 0.3) is 5.91 Å². The lowest BCUT2D eigenvalue weighted by Gasteiger charge is -2.06. The average molecular weight is 391 g/mol. The van der Waals surface area contributed by atoms with Gasteiger partial charge in [-0.1, -0.05) is 52.5 Å². The maximum Gasteiger partial charge on any atom is 0.267 e. The Morgan fingerprint density at radius 3 is 2.36 bits per heavy atom. The molecule has 1 aromatic heterocycles. The van der Waals surface area contributed by atoms with Crippen LogP contribution in [0, 0.1) is 0 Å². The fourth-order valence-electron chi connectivity index (χ4n) is 1.95. The molecule has 1 amide bonds. The number of carbonyl (C=O) groups is 1. The molecule has 2 nitrogen and oxygen atoms in total. The third-order valence-electron chi connectivity index (χ3n) is 2.98. The van der Waals surface area contributed by atoms with Crippen LogP contribution in [0.15, 0.2) is 36.4 Å². The number of halogens is 4. The first-order valence-corrected chi connectivity index (χ1v) is 8.42. The van der Waals surface area contributed by atoms with Gasteiger partial charge in [-0.15, -0.1) is 11.3 Å². The zero-order valence-electron chi connectivity index (χ0n) is 10.8. The van der Waals surface area contributed by atoms with Gasteiger partial charge in [0.1, 0.15) is 4.88 Å². The van der Waals surface area contributed by atoms with E-state index in [0.29, 0.717) is 30.7 Å². The molecule has 112 valence electrons. The first-order chi connectivity index (χ1) is 10.5. The molecule has 0 radical (unpaired) electrons. The van der Waals surface area contributed by atoms with Gasteiger partial charge in [0.2, 0.25) is 0 Å². The van der Waals surface area contributed by atoms with E-state index in [1.165, 1.54) is 11.3 Å². The Morgan fingerprint density at radius 1 is 0.955 bits per heavy atom. The number of anilines is 1. The molecular formula is C15H7Cl4NOS. The molecule has 0 fully saturated rings. The van der Waals surface area contributed by atoms with Crippen LogP contribution >= 0.6 is 57.7 Å². The van der Waals surface area contributed by atoms with E-state index in [9.17, 15) is 4.79 Å². The highest BCUT2D eigenvalue weighted by Crippen LogP contribution is 2.37. The number of fused-ring (bicyclic) bond motifs is 1. The molecule has 1 heterocycles. The van der Waals surface area contributed by atoms with Crippen molar-refractivity contribution in [2.45, 2.75) is 0 Å². The summed E-state index contributed by atoms with van der Waals surface area (Å²) in [6.45, 7) is 0. The van der Waals surface area contributed by atoms with Crippen molar-refractivity contribution in [3.8, 4) is 0 Å². The first-order valence-electron chi connectivity index (χ1n) is 6.09. The number of nitrogens with one attached hydrogen (secondary N) is 1. The van der Waals surface area contributed by atoms with Crippen LogP contribution in [0.1, 0.15) is 9.67 Å². The third-order valence-corrected chi connectivity index (χ3v) is 5.42. The zero-order chi connectivity index (χ0) is 15.9. The van der Waals surface area contributed by atoms with Gasteiger partial charge in [-0.25, -0.2) is 0 Å². The van der Waals surface area contributed by atoms with Crippen molar-refractivity contribution in [1.82, 2.24) is 0 Å². The summed E-state index contributed by atoms with van der Waals surface area (Å²) in [5, 5.41) is 5.39. The molecule has 0 bridgehead atoms. The Bertz CT molecular complexity index is 891. The summed E-state index contributed by atoms with van der Waals surface area (Å²) in [6, 6.07) is 10.2. The summed E-state index contributed by atoms with van der Waals surface area (Å²) >= 11 is 25.4. The summed E-state index contributed by atoms with van der Waals surface area (Å²) in [7, 11) is 0. The largest absolute Gasteiger partial charge is 0.320 e. The summed E-state index contributed by atoms with van der Waals surface area (Å²) < 4.78 is 0.852. The Hall–Kier alpha value is -0.970. The number of thiophene rings is 1. The van der Waals surface area contributed by atoms with Crippen molar-refractivity contribution >= 4 is 79.4 Å². The van der Waals surface area contributed by atoms with Gasteiger partial charge in [0.05, 0.1) is 15.7 Å². The van der Waals surface area contributed by atoms with E-state index in [4.69, 9.17) is 46.4 Å². The van der Waals surface area contributed by atoms with E-state index in [1.807, 2.05) is 0 Å². The normalized spacial score (nSPS) is 10.9. The van der Waals surface area contributed by atoms with E-state index >= 15 is 0 Å².